The first-order valence-corrected chi connectivity index (χ1v) is 7.31. The summed E-state index contributed by atoms with van der Waals surface area (Å²) in [7, 11) is 0. The molecule has 0 unspecified atom stereocenters. The van der Waals surface area contributed by atoms with Crippen LogP contribution in [0.5, 0.6) is 0 Å². The summed E-state index contributed by atoms with van der Waals surface area (Å²) in [5.74, 6) is -0.195. The number of nitrogens with zero attached hydrogens (tertiary/aromatic N) is 1. The molecule has 2 heteroatoms. The van der Waals surface area contributed by atoms with E-state index in [0.29, 0.717) is 6.42 Å². The fourth-order valence-electron chi connectivity index (χ4n) is 3.11. The number of rotatable bonds is 2. The molecular formula is C17H22FN. The first-order chi connectivity index (χ1) is 9.15. The second-order valence-corrected chi connectivity index (χ2v) is 5.91. The summed E-state index contributed by atoms with van der Waals surface area (Å²) in [4.78, 5) is 0. The Bertz CT molecular complexity index is 465. The summed E-state index contributed by atoms with van der Waals surface area (Å²) in [6.07, 6.45) is 8.62. The predicted octanol–water partition coefficient (Wildman–Crippen LogP) is 4.93. The lowest BCUT2D eigenvalue weighted by atomic mass is 9.73. The first-order valence-electron chi connectivity index (χ1n) is 7.31. The molecule has 0 N–H and O–H groups in total. The molecule has 2 rings (SSSR count). The van der Waals surface area contributed by atoms with Crippen LogP contribution in [0.15, 0.2) is 18.2 Å². The third kappa shape index (κ3) is 3.56. The number of hydrogen-bond donors (Lipinski definition) is 0. The summed E-state index contributed by atoms with van der Waals surface area (Å²) in [5, 5.41) is 9.64. The molecule has 0 saturated heterocycles. The maximum Gasteiger partial charge on any atom is 0.123 e. The van der Waals surface area contributed by atoms with Crippen LogP contribution >= 0.6 is 0 Å². The molecule has 19 heavy (non-hydrogen) atoms. The molecule has 1 aliphatic carbocycles. The van der Waals surface area contributed by atoms with E-state index in [2.05, 4.69) is 6.07 Å². The van der Waals surface area contributed by atoms with Gasteiger partial charge in [-0.2, -0.15) is 5.26 Å². The molecule has 0 atom stereocenters. The Morgan fingerprint density at radius 2 is 1.79 bits per heavy atom. The van der Waals surface area contributed by atoms with Gasteiger partial charge in [0, 0.05) is 0 Å². The number of hydrogen-bond acceptors (Lipinski definition) is 1. The minimum Gasteiger partial charge on any atom is -0.207 e. The number of aryl methyl sites for hydroxylation is 1. The van der Waals surface area contributed by atoms with Gasteiger partial charge < -0.3 is 0 Å². The van der Waals surface area contributed by atoms with Gasteiger partial charge in [-0.25, -0.2) is 4.39 Å². The maximum absolute atomic E-state index is 13.4. The van der Waals surface area contributed by atoms with Crippen molar-refractivity contribution in [1.82, 2.24) is 0 Å². The zero-order valence-corrected chi connectivity index (χ0v) is 11.7. The van der Waals surface area contributed by atoms with E-state index in [4.69, 9.17) is 0 Å². The van der Waals surface area contributed by atoms with Gasteiger partial charge in [0.15, 0.2) is 0 Å². The molecule has 1 aromatic carbocycles. The fourth-order valence-corrected chi connectivity index (χ4v) is 3.11. The van der Waals surface area contributed by atoms with Crippen LogP contribution in [-0.2, 0) is 6.42 Å². The van der Waals surface area contributed by atoms with Crippen molar-refractivity contribution in [2.75, 3.05) is 0 Å². The Balaban J connectivity index is 2.21. The Labute approximate surface area is 115 Å². The van der Waals surface area contributed by atoms with Crippen molar-refractivity contribution in [2.45, 2.75) is 58.3 Å². The lowest BCUT2D eigenvalue weighted by Gasteiger charge is -2.29. The molecule has 1 aliphatic rings. The second kappa shape index (κ2) is 6.19. The number of benzene rings is 1. The predicted molar refractivity (Wildman–Crippen MR) is 75.2 cm³/mol. The summed E-state index contributed by atoms with van der Waals surface area (Å²) >= 11 is 0. The van der Waals surface area contributed by atoms with Gasteiger partial charge in [0.2, 0.25) is 0 Å². The van der Waals surface area contributed by atoms with Crippen LogP contribution in [-0.4, -0.2) is 0 Å². The topological polar surface area (TPSA) is 23.8 Å². The summed E-state index contributed by atoms with van der Waals surface area (Å²) in [6, 6.07) is 7.48. The average Bonchev–Trinajstić information content (AvgIpc) is 2.37. The van der Waals surface area contributed by atoms with E-state index in [-0.39, 0.29) is 11.2 Å². The van der Waals surface area contributed by atoms with Gasteiger partial charge in [-0.3, -0.25) is 0 Å². The Hall–Kier alpha value is -1.36. The highest BCUT2D eigenvalue weighted by molar-refractivity contribution is 5.29. The smallest absolute Gasteiger partial charge is 0.123 e. The van der Waals surface area contributed by atoms with E-state index < -0.39 is 0 Å². The molecule has 1 aromatic rings. The van der Waals surface area contributed by atoms with Crippen LogP contribution in [0.2, 0.25) is 0 Å². The molecule has 0 amide bonds. The normalized spacial score (nSPS) is 19.2. The van der Waals surface area contributed by atoms with Crippen molar-refractivity contribution >= 4 is 0 Å². The van der Waals surface area contributed by atoms with Crippen molar-refractivity contribution in [3.05, 3.63) is 35.1 Å². The SMILES string of the molecule is Cc1ccc(F)cc1CC1(C#N)CCCCCCC1. The average molecular weight is 259 g/mol. The van der Waals surface area contributed by atoms with Gasteiger partial charge in [-0.15, -0.1) is 0 Å². The van der Waals surface area contributed by atoms with Gasteiger partial charge in [0.1, 0.15) is 5.82 Å². The summed E-state index contributed by atoms with van der Waals surface area (Å²) in [5.41, 5.74) is 1.82. The van der Waals surface area contributed by atoms with Gasteiger partial charge in [0.05, 0.1) is 11.5 Å². The third-order valence-corrected chi connectivity index (χ3v) is 4.39. The van der Waals surface area contributed by atoms with Crippen molar-refractivity contribution in [3.8, 4) is 6.07 Å². The quantitative estimate of drug-likeness (QED) is 0.738. The lowest BCUT2D eigenvalue weighted by Crippen LogP contribution is -2.23. The van der Waals surface area contributed by atoms with Crippen LogP contribution in [0.3, 0.4) is 0 Å². The van der Waals surface area contributed by atoms with Gasteiger partial charge >= 0.3 is 0 Å². The van der Waals surface area contributed by atoms with Crippen LogP contribution in [0.4, 0.5) is 4.39 Å². The fraction of sp³-hybridized carbons (Fsp3) is 0.588. The maximum atomic E-state index is 13.4. The molecule has 0 heterocycles. The molecule has 0 aromatic heterocycles. The van der Waals surface area contributed by atoms with Gasteiger partial charge in [0.25, 0.3) is 0 Å². The van der Waals surface area contributed by atoms with E-state index in [1.54, 1.807) is 6.07 Å². The van der Waals surface area contributed by atoms with Crippen LogP contribution in [0.1, 0.15) is 56.1 Å². The minimum absolute atomic E-state index is 0.195. The van der Waals surface area contributed by atoms with Gasteiger partial charge in [-0.05, 0) is 49.4 Å². The Morgan fingerprint density at radius 1 is 1.16 bits per heavy atom. The molecule has 0 aliphatic heterocycles. The van der Waals surface area contributed by atoms with Crippen molar-refractivity contribution < 1.29 is 4.39 Å². The minimum atomic E-state index is -0.279. The lowest BCUT2D eigenvalue weighted by molar-refractivity contribution is 0.286. The van der Waals surface area contributed by atoms with Crippen molar-refractivity contribution in [3.63, 3.8) is 0 Å². The summed E-state index contributed by atoms with van der Waals surface area (Å²) in [6.45, 7) is 2.00. The van der Waals surface area contributed by atoms with Gasteiger partial charge in [-0.1, -0.05) is 38.2 Å². The molecular weight excluding hydrogens is 237 g/mol. The van der Waals surface area contributed by atoms with E-state index in [1.807, 2.05) is 13.0 Å². The van der Waals surface area contributed by atoms with E-state index in [1.165, 1.54) is 25.3 Å². The van der Waals surface area contributed by atoms with Crippen molar-refractivity contribution in [2.24, 2.45) is 5.41 Å². The molecule has 1 fully saturated rings. The largest absolute Gasteiger partial charge is 0.207 e. The second-order valence-electron chi connectivity index (χ2n) is 5.91. The molecule has 1 saturated carbocycles. The third-order valence-electron chi connectivity index (χ3n) is 4.39. The first kappa shape index (κ1) is 14.1. The molecule has 0 spiro atoms. The molecule has 1 nitrogen and oxygen atoms in total. The van der Waals surface area contributed by atoms with Crippen LogP contribution < -0.4 is 0 Å². The highest BCUT2D eigenvalue weighted by Crippen LogP contribution is 2.37. The zero-order chi connectivity index (χ0) is 13.7. The number of nitriles is 1. The molecule has 0 radical (unpaired) electrons. The number of halogens is 1. The van der Waals surface area contributed by atoms with Crippen LogP contribution in [0.25, 0.3) is 0 Å². The highest BCUT2D eigenvalue weighted by atomic mass is 19.1. The summed E-state index contributed by atoms with van der Waals surface area (Å²) < 4.78 is 13.4. The van der Waals surface area contributed by atoms with Crippen LogP contribution in [0, 0.1) is 29.5 Å². The van der Waals surface area contributed by atoms with E-state index >= 15 is 0 Å². The highest BCUT2D eigenvalue weighted by Gasteiger charge is 2.31. The Morgan fingerprint density at radius 3 is 2.42 bits per heavy atom. The molecule has 102 valence electrons. The molecule has 0 bridgehead atoms. The van der Waals surface area contributed by atoms with Crippen molar-refractivity contribution in [1.29, 1.82) is 5.26 Å². The van der Waals surface area contributed by atoms with E-state index in [0.717, 1.165) is 36.8 Å². The monoisotopic (exact) mass is 259 g/mol. The standard InChI is InChI=1S/C17H22FN/c1-14-7-8-16(18)11-15(14)12-17(13-19)9-5-3-2-4-6-10-17/h7-8,11H,2-6,9-10,12H2,1H3. The Kier molecular flexibility index (Phi) is 4.58. The zero-order valence-electron chi connectivity index (χ0n) is 11.7. The van der Waals surface area contributed by atoms with E-state index in [9.17, 15) is 9.65 Å².